The van der Waals surface area contributed by atoms with Gasteiger partial charge in [0.2, 0.25) is 0 Å². The molecule has 1 aromatic heterocycles. The maximum Gasteiger partial charge on any atom is 0.317 e. The van der Waals surface area contributed by atoms with Gasteiger partial charge in [-0.25, -0.2) is 4.98 Å². The van der Waals surface area contributed by atoms with Crippen molar-refractivity contribution in [3.05, 3.63) is 60.2 Å². The first kappa shape index (κ1) is 16.6. The first-order valence-corrected chi connectivity index (χ1v) is 8.83. The standard InChI is InChI=1S/C19H20N2O2S/c1-13(2)17(18(22)23)24-19-20-15-10-6-7-11-16(15)21(19)12-14-8-4-3-5-9-14/h3-11,13,17H,12H2,1-2H3,(H,22,23). The van der Waals surface area contributed by atoms with Gasteiger partial charge in [0.25, 0.3) is 0 Å². The van der Waals surface area contributed by atoms with E-state index in [1.54, 1.807) is 0 Å². The molecule has 3 rings (SSSR count). The van der Waals surface area contributed by atoms with Crippen LogP contribution in [0.3, 0.4) is 0 Å². The molecule has 124 valence electrons. The number of hydrogen-bond donors (Lipinski definition) is 1. The largest absolute Gasteiger partial charge is 0.480 e. The Morgan fingerprint density at radius 2 is 1.79 bits per heavy atom. The zero-order valence-corrected chi connectivity index (χ0v) is 14.5. The highest BCUT2D eigenvalue weighted by Gasteiger charge is 2.25. The second-order valence-corrected chi connectivity index (χ2v) is 7.18. The van der Waals surface area contributed by atoms with Gasteiger partial charge in [-0.1, -0.05) is 68.1 Å². The van der Waals surface area contributed by atoms with Crippen molar-refractivity contribution < 1.29 is 9.90 Å². The zero-order valence-electron chi connectivity index (χ0n) is 13.7. The molecule has 3 aromatic rings. The lowest BCUT2D eigenvalue weighted by Crippen LogP contribution is -2.23. The highest BCUT2D eigenvalue weighted by Crippen LogP contribution is 2.31. The second kappa shape index (κ2) is 7.09. The number of carboxylic acid groups (broad SMARTS) is 1. The Morgan fingerprint density at radius 3 is 2.46 bits per heavy atom. The number of para-hydroxylation sites is 2. The van der Waals surface area contributed by atoms with Crippen LogP contribution in [0.5, 0.6) is 0 Å². The van der Waals surface area contributed by atoms with Crippen molar-refractivity contribution in [2.24, 2.45) is 5.92 Å². The van der Waals surface area contributed by atoms with Gasteiger partial charge in [0.1, 0.15) is 5.25 Å². The average Bonchev–Trinajstić information content (AvgIpc) is 2.91. The molecule has 0 aliphatic heterocycles. The Labute approximate surface area is 145 Å². The molecule has 1 heterocycles. The number of nitrogens with zero attached hydrogens (tertiary/aromatic N) is 2. The van der Waals surface area contributed by atoms with Crippen LogP contribution in [-0.4, -0.2) is 25.9 Å². The number of hydrogen-bond acceptors (Lipinski definition) is 3. The predicted molar refractivity (Wildman–Crippen MR) is 97.4 cm³/mol. The van der Waals surface area contributed by atoms with Crippen molar-refractivity contribution in [3.63, 3.8) is 0 Å². The van der Waals surface area contributed by atoms with E-state index in [4.69, 9.17) is 0 Å². The number of benzene rings is 2. The molecular formula is C19H20N2O2S. The smallest absolute Gasteiger partial charge is 0.317 e. The summed E-state index contributed by atoms with van der Waals surface area (Å²) < 4.78 is 2.10. The number of fused-ring (bicyclic) bond motifs is 1. The second-order valence-electron chi connectivity index (χ2n) is 6.08. The van der Waals surface area contributed by atoms with Crippen molar-refractivity contribution in [2.45, 2.75) is 30.8 Å². The number of aromatic nitrogens is 2. The topological polar surface area (TPSA) is 55.1 Å². The van der Waals surface area contributed by atoms with E-state index < -0.39 is 11.2 Å². The summed E-state index contributed by atoms with van der Waals surface area (Å²) in [5.41, 5.74) is 3.08. The van der Waals surface area contributed by atoms with Crippen LogP contribution in [0, 0.1) is 5.92 Å². The SMILES string of the molecule is CC(C)C(Sc1nc2ccccc2n1Cc1ccccc1)C(=O)O. The zero-order chi connectivity index (χ0) is 17.1. The minimum absolute atomic E-state index is 0.0255. The maximum absolute atomic E-state index is 11.6. The predicted octanol–water partition coefficient (Wildman–Crippen LogP) is 4.29. The van der Waals surface area contributed by atoms with E-state index in [0.717, 1.165) is 16.2 Å². The van der Waals surface area contributed by atoms with E-state index in [1.165, 1.54) is 17.3 Å². The van der Waals surface area contributed by atoms with Crippen LogP contribution in [0.15, 0.2) is 59.8 Å². The minimum Gasteiger partial charge on any atom is -0.480 e. The molecule has 0 aliphatic rings. The fourth-order valence-electron chi connectivity index (χ4n) is 2.65. The Hall–Kier alpha value is -2.27. The van der Waals surface area contributed by atoms with Crippen molar-refractivity contribution in [3.8, 4) is 0 Å². The summed E-state index contributed by atoms with van der Waals surface area (Å²) in [6.07, 6.45) is 0. The molecule has 0 fully saturated rings. The summed E-state index contributed by atoms with van der Waals surface area (Å²) in [5, 5.41) is 9.74. The van der Waals surface area contributed by atoms with Gasteiger partial charge in [-0.05, 0) is 23.6 Å². The molecule has 0 amide bonds. The molecule has 1 unspecified atom stereocenters. The van der Waals surface area contributed by atoms with Crippen molar-refractivity contribution >= 4 is 28.8 Å². The van der Waals surface area contributed by atoms with E-state index in [9.17, 15) is 9.90 Å². The molecule has 0 spiro atoms. The molecule has 4 nitrogen and oxygen atoms in total. The number of aliphatic carboxylic acids is 1. The van der Waals surface area contributed by atoms with Gasteiger partial charge in [-0.2, -0.15) is 0 Å². The van der Waals surface area contributed by atoms with Crippen LogP contribution < -0.4 is 0 Å². The third-order valence-electron chi connectivity index (χ3n) is 3.88. The van der Waals surface area contributed by atoms with Crippen LogP contribution in [0.4, 0.5) is 0 Å². The molecule has 0 saturated carbocycles. The van der Waals surface area contributed by atoms with Gasteiger partial charge in [0.15, 0.2) is 5.16 Å². The fraction of sp³-hybridized carbons (Fsp3) is 0.263. The van der Waals surface area contributed by atoms with Gasteiger partial charge in [-0.3, -0.25) is 4.79 Å². The molecule has 5 heteroatoms. The quantitative estimate of drug-likeness (QED) is 0.680. The molecule has 0 saturated heterocycles. The summed E-state index contributed by atoms with van der Waals surface area (Å²) in [4.78, 5) is 16.2. The number of rotatable bonds is 6. The summed E-state index contributed by atoms with van der Waals surface area (Å²) in [7, 11) is 0. The highest BCUT2D eigenvalue weighted by atomic mass is 32.2. The van der Waals surface area contributed by atoms with Gasteiger partial charge in [-0.15, -0.1) is 0 Å². The lowest BCUT2D eigenvalue weighted by atomic mass is 10.1. The van der Waals surface area contributed by atoms with Crippen LogP contribution in [0.25, 0.3) is 11.0 Å². The molecule has 1 N–H and O–H groups in total. The first-order chi connectivity index (χ1) is 11.6. The van der Waals surface area contributed by atoms with E-state index in [1.807, 2.05) is 56.3 Å². The van der Waals surface area contributed by atoms with E-state index in [0.29, 0.717) is 6.54 Å². The van der Waals surface area contributed by atoms with Gasteiger partial charge < -0.3 is 9.67 Å². The van der Waals surface area contributed by atoms with Crippen LogP contribution in [0.2, 0.25) is 0 Å². The van der Waals surface area contributed by atoms with Crippen molar-refractivity contribution in [2.75, 3.05) is 0 Å². The summed E-state index contributed by atoms with van der Waals surface area (Å²) in [6.45, 7) is 4.53. The van der Waals surface area contributed by atoms with E-state index in [-0.39, 0.29) is 5.92 Å². The number of carboxylic acids is 1. The molecule has 1 atom stereocenters. The summed E-state index contributed by atoms with van der Waals surface area (Å²) >= 11 is 1.33. The lowest BCUT2D eigenvalue weighted by molar-refractivity contribution is -0.137. The van der Waals surface area contributed by atoms with E-state index in [2.05, 4.69) is 21.7 Å². The minimum atomic E-state index is -0.798. The Balaban J connectivity index is 2.03. The summed E-state index contributed by atoms with van der Waals surface area (Å²) in [6, 6.07) is 18.1. The van der Waals surface area contributed by atoms with Crippen LogP contribution in [-0.2, 0) is 11.3 Å². The average molecular weight is 340 g/mol. The maximum atomic E-state index is 11.6. The monoisotopic (exact) mass is 340 g/mol. The molecule has 0 bridgehead atoms. The Kier molecular flexibility index (Phi) is 4.90. The van der Waals surface area contributed by atoms with Gasteiger partial charge >= 0.3 is 5.97 Å². The third-order valence-corrected chi connectivity index (χ3v) is 5.41. The van der Waals surface area contributed by atoms with Crippen LogP contribution in [0.1, 0.15) is 19.4 Å². The van der Waals surface area contributed by atoms with Crippen molar-refractivity contribution in [1.29, 1.82) is 0 Å². The highest BCUT2D eigenvalue weighted by molar-refractivity contribution is 8.00. The van der Waals surface area contributed by atoms with Gasteiger partial charge in [0, 0.05) is 0 Å². The van der Waals surface area contributed by atoms with Crippen molar-refractivity contribution in [1.82, 2.24) is 9.55 Å². The Morgan fingerprint density at radius 1 is 1.12 bits per heavy atom. The first-order valence-electron chi connectivity index (χ1n) is 7.95. The number of imidazole rings is 1. The molecule has 0 radical (unpaired) electrons. The van der Waals surface area contributed by atoms with Crippen LogP contribution >= 0.6 is 11.8 Å². The number of thioether (sulfide) groups is 1. The Bertz CT molecular complexity index is 843. The molecule has 0 aliphatic carbocycles. The van der Waals surface area contributed by atoms with Gasteiger partial charge in [0.05, 0.1) is 17.6 Å². The molecule has 24 heavy (non-hydrogen) atoms. The molecule has 2 aromatic carbocycles. The number of carbonyl (C=O) groups is 1. The normalized spacial score (nSPS) is 12.6. The lowest BCUT2D eigenvalue weighted by Gasteiger charge is -2.16. The summed E-state index contributed by atoms with van der Waals surface area (Å²) in [5.74, 6) is -0.772. The van der Waals surface area contributed by atoms with E-state index >= 15 is 0 Å². The fourth-order valence-corrected chi connectivity index (χ4v) is 3.69. The molecular weight excluding hydrogens is 320 g/mol. The third kappa shape index (κ3) is 3.46.